The van der Waals surface area contributed by atoms with Crippen LogP contribution in [-0.4, -0.2) is 77.4 Å². The number of aliphatic hydroxyl groups is 1. The molecule has 9 nitrogen and oxygen atoms in total. The Morgan fingerprint density at radius 3 is 2.76 bits per heavy atom. The molecule has 41 heavy (non-hydrogen) atoms. The van der Waals surface area contributed by atoms with Crippen molar-refractivity contribution >= 4 is 11.8 Å². The summed E-state index contributed by atoms with van der Waals surface area (Å²) in [6.07, 6.45) is 0.936. The first-order valence-electron chi connectivity index (χ1n) is 13.2. The van der Waals surface area contributed by atoms with Crippen molar-refractivity contribution in [3.63, 3.8) is 0 Å². The minimum Gasteiger partial charge on any atom is -0.472 e. The maximum absolute atomic E-state index is 14.1. The number of pyridine rings is 1. The number of carbonyl (C=O) groups is 2. The van der Waals surface area contributed by atoms with E-state index in [1.807, 2.05) is 6.92 Å². The van der Waals surface area contributed by atoms with Gasteiger partial charge in [-0.25, -0.2) is 9.37 Å². The summed E-state index contributed by atoms with van der Waals surface area (Å²) in [4.78, 5) is 34.4. The Balaban J connectivity index is 1.43. The van der Waals surface area contributed by atoms with Crippen molar-refractivity contribution in [2.45, 2.75) is 26.0 Å². The summed E-state index contributed by atoms with van der Waals surface area (Å²) in [7, 11) is 1.68. The number of fused-ring (bicyclic) bond motifs is 2. The van der Waals surface area contributed by atoms with Gasteiger partial charge in [0, 0.05) is 36.8 Å². The van der Waals surface area contributed by atoms with Crippen molar-refractivity contribution in [1.29, 1.82) is 0 Å². The molecule has 2 aliphatic heterocycles. The van der Waals surface area contributed by atoms with E-state index in [4.69, 9.17) is 14.2 Å². The van der Waals surface area contributed by atoms with Crippen LogP contribution in [0.4, 0.5) is 4.39 Å². The number of hydrogen-bond donors (Lipinski definition) is 1. The van der Waals surface area contributed by atoms with Gasteiger partial charge in [-0.3, -0.25) is 9.59 Å². The van der Waals surface area contributed by atoms with Crippen LogP contribution in [0.25, 0.3) is 0 Å². The van der Waals surface area contributed by atoms with Gasteiger partial charge in [0.1, 0.15) is 17.5 Å². The standard InChI is InChI=1S/C31H30FN3O6/c1-19-15-35(20(2)17-36)31(38)24-12-21(8-9-22-6-4-5-7-25(22)32)14-33-29(24)41-28(19)16-34(3)30(37)23-10-11-26-27(13-23)40-18-39-26/h4-7,10-14,19-20,28,36H,15-18H2,1-3H3/t19-,20+,28-/m1/s1. The quantitative estimate of drug-likeness (QED) is 0.479. The van der Waals surface area contributed by atoms with Crippen LogP contribution in [0.1, 0.15) is 45.7 Å². The van der Waals surface area contributed by atoms with Crippen LogP contribution in [0.15, 0.2) is 54.7 Å². The molecule has 0 unspecified atom stereocenters. The molecule has 1 N–H and O–H groups in total. The summed E-state index contributed by atoms with van der Waals surface area (Å²) in [5.74, 6) is 5.59. The van der Waals surface area contributed by atoms with E-state index in [9.17, 15) is 19.1 Å². The van der Waals surface area contributed by atoms with Gasteiger partial charge in [-0.05, 0) is 43.3 Å². The Kier molecular flexibility index (Phi) is 8.08. The molecular formula is C31H30FN3O6. The molecule has 2 aliphatic rings. The molecule has 10 heteroatoms. The van der Waals surface area contributed by atoms with Crippen LogP contribution >= 0.6 is 0 Å². The second kappa shape index (κ2) is 11.9. The lowest BCUT2D eigenvalue weighted by Crippen LogP contribution is -2.50. The summed E-state index contributed by atoms with van der Waals surface area (Å²) in [5, 5.41) is 9.90. The van der Waals surface area contributed by atoms with Crippen molar-refractivity contribution < 1.29 is 33.3 Å². The fraction of sp³-hybridized carbons (Fsp3) is 0.323. The van der Waals surface area contributed by atoms with Crippen molar-refractivity contribution in [2.24, 2.45) is 5.92 Å². The lowest BCUT2D eigenvalue weighted by molar-refractivity contribution is 0.0313. The van der Waals surface area contributed by atoms with Gasteiger partial charge < -0.3 is 29.1 Å². The number of hydrogen-bond acceptors (Lipinski definition) is 7. The molecule has 2 amide bonds. The van der Waals surface area contributed by atoms with Gasteiger partial charge in [0.25, 0.3) is 11.8 Å². The van der Waals surface area contributed by atoms with Gasteiger partial charge in [-0.15, -0.1) is 0 Å². The molecule has 2 aromatic carbocycles. The second-order valence-electron chi connectivity index (χ2n) is 10.2. The van der Waals surface area contributed by atoms with Gasteiger partial charge in [-0.1, -0.05) is 30.9 Å². The Bertz CT molecular complexity index is 1530. The van der Waals surface area contributed by atoms with Gasteiger partial charge >= 0.3 is 0 Å². The minimum absolute atomic E-state index is 0.0991. The maximum atomic E-state index is 14.1. The molecule has 0 bridgehead atoms. The van der Waals surface area contributed by atoms with E-state index < -0.39 is 18.0 Å². The monoisotopic (exact) mass is 559 g/mol. The molecule has 3 atom stereocenters. The third-order valence-electron chi connectivity index (χ3n) is 7.16. The lowest BCUT2D eigenvalue weighted by Gasteiger charge is -2.37. The smallest absolute Gasteiger partial charge is 0.259 e. The van der Waals surface area contributed by atoms with Crippen molar-refractivity contribution in [3.8, 4) is 29.2 Å². The van der Waals surface area contributed by atoms with Crippen LogP contribution in [0.5, 0.6) is 17.4 Å². The first-order chi connectivity index (χ1) is 19.7. The van der Waals surface area contributed by atoms with E-state index in [-0.39, 0.29) is 61.2 Å². The molecule has 5 rings (SSSR count). The highest BCUT2D eigenvalue weighted by molar-refractivity contribution is 5.97. The van der Waals surface area contributed by atoms with E-state index in [1.165, 1.54) is 12.3 Å². The summed E-state index contributed by atoms with van der Waals surface area (Å²) < 4.78 is 31.1. The van der Waals surface area contributed by atoms with Crippen molar-refractivity contribution in [3.05, 3.63) is 82.8 Å². The fourth-order valence-electron chi connectivity index (χ4n) is 4.69. The molecule has 3 heterocycles. The fourth-order valence-corrected chi connectivity index (χ4v) is 4.69. The lowest BCUT2D eigenvalue weighted by atomic mass is 9.99. The highest BCUT2D eigenvalue weighted by Crippen LogP contribution is 2.33. The number of likely N-dealkylation sites (N-methyl/N-ethyl adjacent to an activating group) is 1. The maximum Gasteiger partial charge on any atom is 0.259 e. The van der Waals surface area contributed by atoms with E-state index in [0.29, 0.717) is 22.6 Å². The number of ether oxygens (including phenoxy) is 3. The summed E-state index contributed by atoms with van der Waals surface area (Å²) >= 11 is 0. The zero-order valence-corrected chi connectivity index (χ0v) is 23.0. The van der Waals surface area contributed by atoms with E-state index >= 15 is 0 Å². The van der Waals surface area contributed by atoms with Crippen LogP contribution in [0.3, 0.4) is 0 Å². The molecule has 0 spiro atoms. The molecular weight excluding hydrogens is 529 g/mol. The molecule has 1 aromatic heterocycles. The second-order valence-corrected chi connectivity index (χ2v) is 10.2. The Labute approximate surface area is 237 Å². The average molecular weight is 560 g/mol. The Morgan fingerprint density at radius 2 is 1.98 bits per heavy atom. The molecule has 0 fully saturated rings. The van der Waals surface area contributed by atoms with Crippen LogP contribution in [-0.2, 0) is 0 Å². The largest absolute Gasteiger partial charge is 0.472 e. The SMILES string of the molecule is C[C@@H]1CN([C@@H](C)CO)C(=O)c2cc(C#Cc3ccccc3F)cnc2O[C@@H]1CN(C)C(=O)c1ccc2c(c1)OCO2. The zero-order chi connectivity index (χ0) is 29.1. The molecule has 212 valence electrons. The van der Waals surface area contributed by atoms with Gasteiger partial charge in [0.05, 0.1) is 24.8 Å². The normalized spacial score (nSPS) is 18.3. The van der Waals surface area contributed by atoms with E-state index in [2.05, 4.69) is 16.8 Å². The average Bonchev–Trinajstić information content (AvgIpc) is 3.46. The predicted molar refractivity (Wildman–Crippen MR) is 147 cm³/mol. The van der Waals surface area contributed by atoms with Gasteiger partial charge in [0.2, 0.25) is 12.7 Å². The number of benzene rings is 2. The third kappa shape index (κ3) is 5.95. The number of nitrogens with zero attached hydrogens (tertiary/aromatic N) is 3. The molecule has 0 saturated heterocycles. The van der Waals surface area contributed by atoms with Crippen molar-refractivity contribution in [1.82, 2.24) is 14.8 Å². The number of rotatable bonds is 5. The minimum atomic E-state index is -0.527. The number of carbonyl (C=O) groups excluding carboxylic acids is 2. The Hall–Kier alpha value is -4.62. The predicted octanol–water partition coefficient (Wildman–Crippen LogP) is 3.34. The molecule has 0 radical (unpaired) electrons. The van der Waals surface area contributed by atoms with Crippen LogP contribution < -0.4 is 14.2 Å². The van der Waals surface area contributed by atoms with Gasteiger partial charge in [-0.2, -0.15) is 0 Å². The molecule has 3 aromatic rings. The molecule has 0 aliphatic carbocycles. The first kappa shape index (κ1) is 27.9. The highest BCUT2D eigenvalue weighted by atomic mass is 19.1. The first-order valence-corrected chi connectivity index (χ1v) is 13.2. The van der Waals surface area contributed by atoms with Crippen molar-refractivity contribution in [2.75, 3.05) is 33.5 Å². The summed E-state index contributed by atoms with van der Waals surface area (Å²) in [6, 6.07) is 12.3. The number of aliphatic hydroxyl groups excluding tert-OH is 1. The van der Waals surface area contributed by atoms with Gasteiger partial charge in [0.15, 0.2) is 11.5 Å². The highest BCUT2D eigenvalue weighted by Gasteiger charge is 2.35. The number of aromatic nitrogens is 1. The third-order valence-corrected chi connectivity index (χ3v) is 7.16. The topological polar surface area (TPSA) is 101 Å². The van der Waals surface area contributed by atoms with E-state index in [0.717, 1.165) is 0 Å². The number of halogens is 1. The van der Waals surface area contributed by atoms with Crippen LogP contribution in [0, 0.1) is 23.6 Å². The van der Waals surface area contributed by atoms with Crippen LogP contribution in [0.2, 0.25) is 0 Å². The Morgan fingerprint density at radius 1 is 1.20 bits per heavy atom. The summed E-state index contributed by atoms with van der Waals surface area (Å²) in [6.45, 7) is 4.05. The molecule has 0 saturated carbocycles. The van der Waals surface area contributed by atoms with E-state index in [1.54, 1.807) is 66.2 Å². The number of amides is 2. The summed E-state index contributed by atoms with van der Waals surface area (Å²) in [5.41, 5.74) is 1.24. The zero-order valence-electron chi connectivity index (χ0n) is 23.0.